The molecule has 3 unspecified atom stereocenters. The van der Waals surface area contributed by atoms with Crippen molar-refractivity contribution in [2.24, 2.45) is 5.92 Å². The molecule has 0 bridgehead atoms. The van der Waals surface area contributed by atoms with Crippen molar-refractivity contribution < 1.29 is 19.6 Å². The van der Waals surface area contributed by atoms with E-state index in [9.17, 15) is 14.7 Å². The number of hydrogen-bond donors (Lipinski definition) is 4. The summed E-state index contributed by atoms with van der Waals surface area (Å²) in [5.74, 6) is 0.0846. The molecular formula is C24H29BrClN4O3+. The van der Waals surface area contributed by atoms with Crippen molar-refractivity contribution in [1.29, 1.82) is 0 Å². The van der Waals surface area contributed by atoms with Crippen LogP contribution in [-0.2, 0) is 10.5 Å². The molecular weight excluding hydrogens is 508 g/mol. The summed E-state index contributed by atoms with van der Waals surface area (Å²) in [5, 5.41) is 18.0. The molecule has 176 valence electrons. The Labute approximate surface area is 207 Å². The molecule has 0 saturated carbocycles. The molecule has 2 aliphatic heterocycles. The summed E-state index contributed by atoms with van der Waals surface area (Å²) in [4.78, 5) is 29.1. The van der Waals surface area contributed by atoms with Gasteiger partial charge in [0.15, 0.2) is 0 Å². The molecule has 33 heavy (non-hydrogen) atoms. The first-order valence-electron chi connectivity index (χ1n) is 11.3. The van der Waals surface area contributed by atoms with E-state index in [1.165, 1.54) is 12.8 Å². The number of halogens is 2. The third-order valence-corrected chi connectivity index (χ3v) is 7.13. The van der Waals surface area contributed by atoms with Crippen LogP contribution in [0.15, 0.2) is 46.9 Å². The quantitative estimate of drug-likeness (QED) is 0.428. The molecule has 4 rings (SSSR count). The highest BCUT2D eigenvalue weighted by Crippen LogP contribution is 2.41. The molecule has 7 nitrogen and oxygen atoms in total. The van der Waals surface area contributed by atoms with E-state index in [-0.39, 0.29) is 0 Å². The van der Waals surface area contributed by atoms with Gasteiger partial charge in [-0.2, -0.15) is 0 Å². The summed E-state index contributed by atoms with van der Waals surface area (Å²) < 4.78 is 0.683. The Bertz CT molecular complexity index is 1030. The Morgan fingerprint density at radius 2 is 2.09 bits per heavy atom. The predicted octanol–water partition coefficient (Wildman–Crippen LogP) is 3.12. The number of nitrogens with one attached hydrogen (secondary N) is 3. The lowest BCUT2D eigenvalue weighted by Crippen LogP contribution is -3.13. The number of benzene rings is 2. The average Bonchev–Trinajstić information content (AvgIpc) is 2.78. The Balaban J connectivity index is 1.57. The van der Waals surface area contributed by atoms with Gasteiger partial charge in [-0.15, -0.1) is 0 Å². The Morgan fingerprint density at radius 3 is 2.82 bits per heavy atom. The summed E-state index contributed by atoms with van der Waals surface area (Å²) in [6.45, 7) is 5.98. The Morgan fingerprint density at radius 1 is 1.33 bits per heavy atom. The van der Waals surface area contributed by atoms with Gasteiger partial charge in [0.2, 0.25) is 0 Å². The number of nitrogens with zero attached hydrogens (tertiary/aromatic N) is 1. The van der Waals surface area contributed by atoms with E-state index in [0.717, 1.165) is 36.9 Å². The normalized spacial score (nSPS) is 24.7. The number of aliphatic hydroxyl groups is 1. The van der Waals surface area contributed by atoms with Crippen LogP contribution in [0.1, 0.15) is 31.7 Å². The van der Waals surface area contributed by atoms with Crippen molar-refractivity contribution in [2.45, 2.75) is 31.9 Å². The fourth-order valence-corrected chi connectivity index (χ4v) is 5.25. The Kier molecular flexibility index (Phi) is 7.28. The molecule has 2 aliphatic rings. The van der Waals surface area contributed by atoms with Gasteiger partial charge in [0.25, 0.3) is 11.6 Å². The van der Waals surface area contributed by atoms with E-state index < -0.39 is 17.7 Å². The number of fused-ring (bicyclic) bond motifs is 1. The number of rotatable bonds is 6. The lowest BCUT2D eigenvalue weighted by Gasteiger charge is -2.42. The van der Waals surface area contributed by atoms with Gasteiger partial charge in [0.1, 0.15) is 0 Å². The lowest BCUT2D eigenvalue weighted by molar-refractivity contribution is -0.908. The van der Waals surface area contributed by atoms with Crippen LogP contribution in [0.25, 0.3) is 0 Å². The summed E-state index contributed by atoms with van der Waals surface area (Å²) in [5.41, 5.74) is -1.19. The minimum atomic E-state index is -2.22. The van der Waals surface area contributed by atoms with Gasteiger partial charge in [-0.25, -0.2) is 4.79 Å². The van der Waals surface area contributed by atoms with E-state index in [1.54, 1.807) is 47.4 Å². The van der Waals surface area contributed by atoms with Gasteiger partial charge in [-0.05, 0) is 55.3 Å². The van der Waals surface area contributed by atoms with Crippen molar-refractivity contribution in [3.8, 4) is 0 Å². The molecule has 2 aromatic rings. The number of hydrogen-bond acceptors (Lipinski definition) is 3. The van der Waals surface area contributed by atoms with Crippen molar-refractivity contribution in [1.82, 2.24) is 5.32 Å². The average molecular weight is 537 g/mol. The molecule has 3 amide bonds. The number of quaternary nitrogens is 1. The van der Waals surface area contributed by atoms with E-state index >= 15 is 0 Å². The number of urea groups is 1. The number of amides is 3. The maximum atomic E-state index is 13.5. The molecule has 3 atom stereocenters. The minimum Gasteiger partial charge on any atom is -0.359 e. The highest BCUT2D eigenvalue weighted by Gasteiger charge is 2.52. The summed E-state index contributed by atoms with van der Waals surface area (Å²) in [7, 11) is 0. The SMILES string of the molecule is CC1CCC[NH+](CCCNC(=O)C2(O)c3cc(Br)ccc3NC(=O)N2c2ccc(Cl)cc2)C1. The fraction of sp³-hybridized carbons (Fsp3) is 0.417. The van der Waals surface area contributed by atoms with E-state index in [0.29, 0.717) is 33.0 Å². The number of anilines is 2. The maximum absolute atomic E-state index is 13.5. The second kappa shape index (κ2) is 10.0. The molecule has 1 saturated heterocycles. The zero-order valence-corrected chi connectivity index (χ0v) is 20.9. The molecule has 1 fully saturated rings. The van der Waals surface area contributed by atoms with E-state index in [1.807, 2.05) is 0 Å². The van der Waals surface area contributed by atoms with Crippen molar-refractivity contribution in [2.75, 3.05) is 36.4 Å². The highest BCUT2D eigenvalue weighted by molar-refractivity contribution is 9.10. The summed E-state index contributed by atoms with van der Waals surface area (Å²) in [6.07, 6.45) is 3.31. The first kappa shape index (κ1) is 24.0. The van der Waals surface area contributed by atoms with Crippen LogP contribution in [0.3, 0.4) is 0 Å². The van der Waals surface area contributed by atoms with Gasteiger partial charge in [0.05, 0.1) is 25.3 Å². The second-order valence-electron chi connectivity index (χ2n) is 8.92. The molecule has 0 spiro atoms. The standard InChI is InChI=1S/C24H28BrClN4O3/c1-16-4-2-12-29(15-16)13-3-11-27-22(31)24(33)20-14-17(25)5-10-21(20)28-23(32)30(24)19-8-6-18(26)7-9-19/h5-10,14,16,33H,2-4,11-13,15H2,1H3,(H,27,31)(H,28,32)/p+1. The summed E-state index contributed by atoms with van der Waals surface area (Å²) >= 11 is 9.42. The zero-order valence-electron chi connectivity index (χ0n) is 18.5. The smallest absolute Gasteiger partial charge is 0.329 e. The Hall–Kier alpha value is -2.13. The first-order chi connectivity index (χ1) is 15.8. The van der Waals surface area contributed by atoms with Crippen LogP contribution >= 0.6 is 27.5 Å². The van der Waals surface area contributed by atoms with Crippen LogP contribution in [0.4, 0.5) is 16.2 Å². The van der Waals surface area contributed by atoms with Crippen LogP contribution < -0.4 is 20.4 Å². The molecule has 2 heterocycles. The highest BCUT2D eigenvalue weighted by atomic mass is 79.9. The molecule has 9 heteroatoms. The van der Waals surface area contributed by atoms with Crippen molar-refractivity contribution in [3.05, 3.63) is 57.5 Å². The van der Waals surface area contributed by atoms with Gasteiger partial charge in [-0.3, -0.25) is 9.69 Å². The van der Waals surface area contributed by atoms with Gasteiger partial charge in [0, 0.05) is 39.6 Å². The number of carbonyl (C=O) groups excluding carboxylic acids is 2. The van der Waals surface area contributed by atoms with E-state index in [4.69, 9.17) is 11.6 Å². The molecule has 4 N–H and O–H groups in total. The second-order valence-corrected chi connectivity index (χ2v) is 10.3. The van der Waals surface area contributed by atoms with Crippen LogP contribution in [0.2, 0.25) is 5.02 Å². The topological polar surface area (TPSA) is 86.1 Å². The van der Waals surface area contributed by atoms with Crippen LogP contribution in [0.5, 0.6) is 0 Å². The zero-order chi connectivity index (χ0) is 23.6. The minimum absolute atomic E-state index is 0.291. The third kappa shape index (κ3) is 5.04. The lowest BCUT2D eigenvalue weighted by atomic mass is 9.94. The van der Waals surface area contributed by atoms with Crippen LogP contribution in [0, 0.1) is 5.92 Å². The third-order valence-electron chi connectivity index (χ3n) is 6.38. The monoisotopic (exact) mass is 535 g/mol. The fourth-order valence-electron chi connectivity index (χ4n) is 4.76. The summed E-state index contributed by atoms with van der Waals surface area (Å²) in [6, 6.07) is 10.9. The molecule has 0 aliphatic carbocycles. The van der Waals surface area contributed by atoms with Crippen molar-refractivity contribution in [3.63, 3.8) is 0 Å². The molecule has 0 aromatic heterocycles. The van der Waals surface area contributed by atoms with E-state index in [2.05, 4.69) is 33.5 Å². The van der Waals surface area contributed by atoms with Crippen LogP contribution in [-0.4, -0.2) is 43.2 Å². The first-order valence-corrected chi connectivity index (χ1v) is 12.5. The number of likely N-dealkylation sites (tertiary alicyclic amines) is 1. The van der Waals surface area contributed by atoms with Crippen molar-refractivity contribution >= 4 is 50.8 Å². The van der Waals surface area contributed by atoms with Gasteiger partial charge in [-0.1, -0.05) is 34.5 Å². The number of piperidine rings is 1. The molecule has 2 aromatic carbocycles. The maximum Gasteiger partial charge on any atom is 0.329 e. The largest absolute Gasteiger partial charge is 0.359 e. The van der Waals surface area contributed by atoms with Gasteiger partial charge < -0.3 is 20.6 Å². The number of carbonyl (C=O) groups is 2. The van der Waals surface area contributed by atoms with Gasteiger partial charge >= 0.3 is 6.03 Å². The molecule has 0 radical (unpaired) electrons. The predicted molar refractivity (Wildman–Crippen MR) is 133 cm³/mol.